The van der Waals surface area contributed by atoms with E-state index in [0.717, 1.165) is 28.3 Å². The number of hydrogen-bond donors (Lipinski definition) is 3. The second-order valence-corrected chi connectivity index (χ2v) is 7.92. The van der Waals surface area contributed by atoms with Gasteiger partial charge < -0.3 is 20.5 Å². The lowest BCUT2D eigenvalue weighted by Gasteiger charge is -2.19. The van der Waals surface area contributed by atoms with Crippen LogP contribution in [0, 0.1) is 17.1 Å². The Bertz CT molecular complexity index is 1310. The number of carbonyl (C=O) groups is 3. The fourth-order valence-corrected chi connectivity index (χ4v) is 4.07. The van der Waals surface area contributed by atoms with E-state index in [1.807, 2.05) is 48.5 Å². The number of carboxylic acids is 1. The summed E-state index contributed by atoms with van der Waals surface area (Å²) in [6.45, 7) is -0.0223. The van der Waals surface area contributed by atoms with Crippen LogP contribution in [0.15, 0.2) is 66.7 Å². The number of rotatable bonds is 7. The van der Waals surface area contributed by atoms with Crippen molar-refractivity contribution in [2.24, 2.45) is 0 Å². The first-order valence-corrected chi connectivity index (χ1v) is 10.7. The van der Waals surface area contributed by atoms with E-state index >= 15 is 0 Å². The number of nitriles is 1. The van der Waals surface area contributed by atoms with Crippen LogP contribution in [0.25, 0.3) is 11.1 Å². The molecule has 3 aromatic carbocycles. The van der Waals surface area contributed by atoms with Gasteiger partial charge in [0.2, 0.25) is 5.91 Å². The Hall–Kier alpha value is -4.71. The van der Waals surface area contributed by atoms with Crippen molar-refractivity contribution in [3.05, 3.63) is 89.2 Å². The molecule has 0 heterocycles. The van der Waals surface area contributed by atoms with Crippen LogP contribution in [0.5, 0.6) is 0 Å². The number of amides is 2. The van der Waals surface area contributed by atoms with E-state index in [2.05, 4.69) is 10.6 Å². The van der Waals surface area contributed by atoms with E-state index in [1.165, 1.54) is 12.1 Å². The second-order valence-electron chi connectivity index (χ2n) is 7.92. The minimum atomic E-state index is -1.52. The molecule has 0 aliphatic heterocycles. The third-order valence-corrected chi connectivity index (χ3v) is 5.69. The molecule has 9 heteroatoms. The number of nitrogens with one attached hydrogen (secondary N) is 2. The molecule has 0 bridgehead atoms. The van der Waals surface area contributed by atoms with Crippen molar-refractivity contribution < 1.29 is 28.6 Å². The van der Waals surface area contributed by atoms with Crippen LogP contribution >= 0.6 is 0 Å². The van der Waals surface area contributed by atoms with Gasteiger partial charge in [-0.05, 0) is 40.5 Å². The van der Waals surface area contributed by atoms with Crippen molar-refractivity contribution in [2.75, 3.05) is 11.9 Å². The molecule has 0 aromatic heterocycles. The number of hydrogen-bond acceptors (Lipinski definition) is 5. The van der Waals surface area contributed by atoms with E-state index in [0.29, 0.717) is 0 Å². The SMILES string of the molecule is N#Cc1ccc(NC(=O)C(CC(=O)O)NC(=O)OCC2c3ccccc3-c3ccccc32)c(F)c1. The van der Waals surface area contributed by atoms with Crippen LogP contribution < -0.4 is 10.6 Å². The summed E-state index contributed by atoms with van der Waals surface area (Å²) < 4.78 is 19.5. The van der Waals surface area contributed by atoms with Gasteiger partial charge in [-0.2, -0.15) is 5.26 Å². The predicted molar refractivity (Wildman–Crippen MR) is 124 cm³/mol. The van der Waals surface area contributed by atoms with E-state index in [-0.39, 0.29) is 23.8 Å². The monoisotopic (exact) mass is 473 g/mol. The summed E-state index contributed by atoms with van der Waals surface area (Å²) in [6.07, 6.45) is -1.72. The predicted octanol–water partition coefficient (Wildman–Crippen LogP) is 4.02. The Balaban J connectivity index is 1.43. The quantitative estimate of drug-likeness (QED) is 0.476. The number of ether oxygens (including phenoxy) is 1. The van der Waals surface area contributed by atoms with Gasteiger partial charge in [0.15, 0.2) is 0 Å². The summed E-state index contributed by atoms with van der Waals surface area (Å²) in [6, 6.07) is 19.2. The fraction of sp³-hybridized carbons (Fsp3) is 0.154. The number of aliphatic carboxylic acids is 1. The number of carbonyl (C=O) groups excluding carboxylic acids is 2. The zero-order valence-electron chi connectivity index (χ0n) is 18.3. The van der Waals surface area contributed by atoms with Crippen molar-refractivity contribution in [1.82, 2.24) is 5.32 Å². The van der Waals surface area contributed by atoms with Gasteiger partial charge in [-0.1, -0.05) is 48.5 Å². The van der Waals surface area contributed by atoms with Crippen LogP contribution in [0.1, 0.15) is 29.0 Å². The van der Waals surface area contributed by atoms with Gasteiger partial charge in [-0.3, -0.25) is 9.59 Å². The number of anilines is 1. The number of benzene rings is 3. The number of alkyl carbamates (subject to hydrolysis) is 1. The highest BCUT2D eigenvalue weighted by Crippen LogP contribution is 2.44. The van der Waals surface area contributed by atoms with Crippen molar-refractivity contribution >= 4 is 23.7 Å². The molecular formula is C26H20FN3O5. The zero-order chi connectivity index (χ0) is 24.9. The molecule has 4 rings (SSSR count). The topological polar surface area (TPSA) is 129 Å². The molecule has 1 atom stereocenters. The molecule has 0 saturated heterocycles. The molecule has 176 valence electrons. The van der Waals surface area contributed by atoms with Crippen LogP contribution in [-0.2, 0) is 14.3 Å². The molecule has 3 N–H and O–H groups in total. The minimum absolute atomic E-state index is 0.0223. The molecule has 8 nitrogen and oxygen atoms in total. The lowest BCUT2D eigenvalue weighted by atomic mass is 9.98. The third-order valence-electron chi connectivity index (χ3n) is 5.69. The van der Waals surface area contributed by atoms with Gasteiger partial charge in [0.25, 0.3) is 0 Å². The number of halogens is 1. The number of fused-ring (bicyclic) bond motifs is 3. The molecule has 0 fully saturated rings. The molecule has 35 heavy (non-hydrogen) atoms. The van der Waals surface area contributed by atoms with E-state index in [9.17, 15) is 23.9 Å². The van der Waals surface area contributed by atoms with Crippen LogP contribution in [0.3, 0.4) is 0 Å². The summed E-state index contributed by atoms with van der Waals surface area (Å²) in [7, 11) is 0. The number of carboxylic acid groups (broad SMARTS) is 1. The Morgan fingerprint density at radius 1 is 1.03 bits per heavy atom. The van der Waals surface area contributed by atoms with Crippen molar-refractivity contribution in [3.8, 4) is 17.2 Å². The summed E-state index contributed by atoms with van der Waals surface area (Å²) in [4.78, 5) is 36.4. The second kappa shape index (κ2) is 10.1. The number of nitrogens with zero attached hydrogens (tertiary/aromatic N) is 1. The maximum atomic E-state index is 14.1. The normalized spacial score (nSPS) is 12.6. The van der Waals surface area contributed by atoms with Gasteiger partial charge in [-0.15, -0.1) is 0 Å². The average molecular weight is 473 g/mol. The van der Waals surface area contributed by atoms with Gasteiger partial charge >= 0.3 is 12.1 Å². The van der Waals surface area contributed by atoms with Gasteiger partial charge in [0.1, 0.15) is 18.5 Å². The highest BCUT2D eigenvalue weighted by atomic mass is 19.1. The molecule has 3 aromatic rings. The molecule has 0 radical (unpaired) electrons. The Kier molecular flexibility index (Phi) is 6.73. The Morgan fingerprint density at radius 3 is 2.23 bits per heavy atom. The van der Waals surface area contributed by atoms with Crippen LogP contribution in [0.2, 0.25) is 0 Å². The molecule has 1 aliphatic carbocycles. The first kappa shape index (κ1) is 23.4. The van der Waals surface area contributed by atoms with Gasteiger partial charge in [0, 0.05) is 5.92 Å². The smallest absolute Gasteiger partial charge is 0.407 e. The maximum Gasteiger partial charge on any atom is 0.407 e. The highest BCUT2D eigenvalue weighted by Gasteiger charge is 2.30. The Morgan fingerprint density at radius 2 is 1.66 bits per heavy atom. The van der Waals surface area contributed by atoms with Crippen molar-refractivity contribution in [2.45, 2.75) is 18.4 Å². The molecule has 2 amide bonds. The highest BCUT2D eigenvalue weighted by molar-refractivity contribution is 5.98. The summed E-state index contributed by atoms with van der Waals surface area (Å²) in [5.74, 6) is -3.37. The van der Waals surface area contributed by atoms with Gasteiger partial charge in [0.05, 0.1) is 23.7 Å². The van der Waals surface area contributed by atoms with E-state index in [4.69, 9.17) is 10.00 Å². The summed E-state index contributed by atoms with van der Waals surface area (Å²) >= 11 is 0. The maximum absolute atomic E-state index is 14.1. The standard InChI is InChI=1S/C26H20FN3O5/c27-21-11-15(13-28)9-10-22(21)29-25(33)23(12-24(31)32)30-26(34)35-14-20-18-7-3-1-5-16(18)17-6-2-4-8-19(17)20/h1-11,20,23H,12,14H2,(H,29,33)(H,30,34)(H,31,32). The average Bonchev–Trinajstić information content (AvgIpc) is 3.17. The first-order chi connectivity index (χ1) is 16.9. The summed E-state index contributed by atoms with van der Waals surface area (Å²) in [5.41, 5.74) is 3.89. The first-order valence-electron chi connectivity index (χ1n) is 10.7. The van der Waals surface area contributed by atoms with Crippen molar-refractivity contribution in [1.29, 1.82) is 5.26 Å². The fourth-order valence-electron chi connectivity index (χ4n) is 4.07. The van der Waals surface area contributed by atoms with Crippen LogP contribution in [-0.4, -0.2) is 35.7 Å². The molecule has 0 saturated carbocycles. The summed E-state index contributed by atoms with van der Waals surface area (Å²) in [5, 5.41) is 22.5. The third kappa shape index (κ3) is 5.12. The van der Waals surface area contributed by atoms with Gasteiger partial charge in [-0.25, -0.2) is 9.18 Å². The zero-order valence-corrected chi connectivity index (χ0v) is 18.3. The Labute approximate surface area is 200 Å². The lowest BCUT2D eigenvalue weighted by Crippen LogP contribution is -2.45. The van der Waals surface area contributed by atoms with E-state index < -0.39 is 36.2 Å². The molecular weight excluding hydrogens is 453 g/mol. The molecule has 0 spiro atoms. The molecule has 1 aliphatic rings. The van der Waals surface area contributed by atoms with E-state index in [1.54, 1.807) is 6.07 Å². The molecule has 1 unspecified atom stereocenters. The van der Waals surface area contributed by atoms with Crippen LogP contribution in [0.4, 0.5) is 14.9 Å². The van der Waals surface area contributed by atoms with Crippen molar-refractivity contribution in [3.63, 3.8) is 0 Å². The lowest BCUT2D eigenvalue weighted by molar-refractivity contribution is -0.139. The minimum Gasteiger partial charge on any atom is -0.481 e. The largest absolute Gasteiger partial charge is 0.481 e.